The van der Waals surface area contributed by atoms with Crippen molar-refractivity contribution in [3.8, 4) is 0 Å². The summed E-state index contributed by atoms with van der Waals surface area (Å²) < 4.78 is 0. The van der Waals surface area contributed by atoms with Crippen molar-refractivity contribution in [1.29, 1.82) is 0 Å². The molecule has 1 aromatic carbocycles. The van der Waals surface area contributed by atoms with Crippen LogP contribution < -0.4 is 4.90 Å². The van der Waals surface area contributed by atoms with E-state index in [1.807, 2.05) is 17.9 Å². The van der Waals surface area contributed by atoms with Crippen molar-refractivity contribution in [2.75, 3.05) is 24.5 Å². The summed E-state index contributed by atoms with van der Waals surface area (Å²) in [6, 6.07) is 8.58. The van der Waals surface area contributed by atoms with Crippen LogP contribution in [0.1, 0.15) is 48.1 Å². The van der Waals surface area contributed by atoms with Gasteiger partial charge in [0.25, 0.3) is 0 Å². The maximum atomic E-state index is 12.7. The number of amides is 1. The normalized spacial score (nSPS) is 20.2. The van der Waals surface area contributed by atoms with E-state index in [1.54, 1.807) is 0 Å². The van der Waals surface area contributed by atoms with Crippen LogP contribution in [0.25, 0.3) is 0 Å². The van der Waals surface area contributed by atoms with Gasteiger partial charge in [0, 0.05) is 30.9 Å². The lowest BCUT2D eigenvalue weighted by Crippen LogP contribution is -2.33. The summed E-state index contributed by atoms with van der Waals surface area (Å²) in [5.41, 5.74) is 4.61. The van der Waals surface area contributed by atoms with Crippen LogP contribution in [0.5, 0.6) is 0 Å². The number of carbonyl (C=O) groups excluding carboxylic acids is 1. The number of carbonyl (C=O) groups is 1. The number of fused-ring (bicyclic) bond motifs is 1. The Morgan fingerprint density at radius 1 is 1.28 bits per heavy atom. The van der Waals surface area contributed by atoms with E-state index in [0.29, 0.717) is 12.5 Å². The average Bonchev–Trinajstić information content (AvgIpc) is 3.32. The minimum atomic E-state index is 0.238. The van der Waals surface area contributed by atoms with Crippen LogP contribution in [0.2, 0.25) is 0 Å². The minimum absolute atomic E-state index is 0.238. The number of aromatic amines is 1. The predicted octanol–water partition coefficient (Wildman–Crippen LogP) is 3.14. The molecule has 1 aromatic heterocycles. The Kier molecular flexibility index (Phi) is 4.34. The monoisotopic (exact) mass is 338 g/mol. The van der Waals surface area contributed by atoms with Crippen molar-refractivity contribution in [1.82, 2.24) is 14.9 Å². The molecule has 0 aliphatic carbocycles. The standard InChI is InChI=1S/C20H26N4O/c1-14-15(2)22-20(21-14)18-8-5-11-23(18)12-10-19(25)24-13-9-16-6-3-4-7-17(16)24/h3-4,6-7,18H,5,8-13H2,1-2H3,(H,21,22). The van der Waals surface area contributed by atoms with Crippen LogP contribution in [-0.4, -0.2) is 40.4 Å². The first-order valence-electron chi connectivity index (χ1n) is 9.29. The van der Waals surface area contributed by atoms with Gasteiger partial charge in [0.2, 0.25) is 5.91 Å². The van der Waals surface area contributed by atoms with E-state index in [9.17, 15) is 4.79 Å². The SMILES string of the molecule is Cc1nc(C2CCCN2CCC(=O)N2CCc3ccccc32)[nH]c1C. The summed E-state index contributed by atoms with van der Waals surface area (Å²) in [4.78, 5) is 25.2. The number of nitrogens with zero attached hydrogens (tertiary/aromatic N) is 3. The first-order chi connectivity index (χ1) is 12.1. The van der Waals surface area contributed by atoms with Gasteiger partial charge in [0.15, 0.2) is 0 Å². The zero-order valence-corrected chi connectivity index (χ0v) is 15.1. The van der Waals surface area contributed by atoms with E-state index in [4.69, 9.17) is 0 Å². The number of rotatable bonds is 4. The second kappa shape index (κ2) is 6.64. The second-order valence-electron chi connectivity index (χ2n) is 7.20. The molecule has 25 heavy (non-hydrogen) atoms. The summed E-state index contributed by atoms with van der Waals surface area (Å²) in [6.45, 7) is 6.79. The Hall–Kier alpha value is -2.14. The fraction of sp³-hybridized carbons (Fsp3) is 0.500. The fourth-order valence-electron chi connectivity index (χ4n) is 4.11. The highest BCUT2D eigenvalue weighted by atomic mass is 16.2. The molecule has 4 rings (SSSR count). The van der Waals surface area contributed by atoms with E-state index >= 15 is 0 Å². The third-order valence-electron chi connectivity index (χ3n) is 5.63. The Morgan fingerprint density at radius 2 is 2.12 bits per heavy atom. The molecule has 1 amide bonds. The van der Waals surface area contributed by atoms with Gasteiger partial charge in [-0.2, -0.15) is 0 Å². The first-order valence-corrected chi connectivity index (χ1v) is 9.29. The highest BCUT2D eigenvalue weighted by molar-refractivity contribution is 5.95. The molecule has 5 heteroatoms. The van der Waals surface area contributed by atoms with Crippen molar-refractivity contribution >= 4 is 11.6 Å². The maximum Gasteiger partial charge on any atom is 0.228 e. The van der Waals surface area contributed by atoms with Crippen LogP contribution >= 0.6 is 0 Å². The van der Waals surface area contributed by atoms with Crippen molar-refractivity contribution in [2.45, 2.75) is 45.6 Å². The Morgan fingerprint density at radius 3 is 2.92 bits per heavy atom. The number of hydrogen-bond acceptors (Lipinski definition) is 3. The molecule has 1 unspecified atom stereocenters. The molecule has 2 aromatic rings. The third kappa shape index (κ3) is 3.09. The second-order valence-corrected chi connectivity index (χ2v) is 7.20. The zero-order chi connectivity index (χ0) is 17.4. The number of likely N-dealkylation sites (tertiary alicyclic amines) is 1. The number of anilines is 1. The van der Waals surface area contributed by atoms with Crippen molar-refractivity contribution < 1.29 is 4.79 Å². The van der Waals surface area contributed by atoms with E-state index in [0.717, 1.165) is 55.4 Å². The van der Waals surface area contributed by atoms with Crippen molar-refractivity contribution in [3.05, 3.63) is 47.0 Å². The van der Waals surface area contributed by atoms with Crippen molar-refractivity contribution in [3.63, 3.8) is 0 Å². The summed E-state index contributed by atoms with van der Waals surface area (Å²) in [5, 5.41) is 0. The summed E-state index contributed by atoms with van der Waals surface area (Å²) in [5.74, 6) is 1.30. The molecule has 1 saturated heterocycles. The van der Waals surface area contributed by atoms with Gasteiger partial charge in [0.05, 0.1) is 11.7 Å². The summed E-state index contributed by atoms with van der Waals surface area (Å²) in [7, 11) is 0. The number of imidazole rings is 1. The zero-order valence-electron chi connectivity index (χ0n) is 15.1. The molecule has 0 saturated carbocycles. The molecular weight excluding hydrogens is 312 g/mol. The Balaban J connectivity index is 1.40. The summed E-state index contributed by atoms with van der Waals surface area (Å²) in [6.07, 6.45) is 3.83. The van der Waals surface area contributed by atoms with E-state index in [-0.39, 0.29) is 5.91 Å². The number of hydrogen-bond donors (Lipinski definition) is 1. The highest BCUT2D eigenvalue weighted by Crippen LogP contribution is 2.32. The van der Waals surface area contributed by atoms with Gasteiger partial charge >= 0.3 is 0 Å². The fourth-order valence-corrected chi connectivity index (χ4v) is 4.11. The lowest BCUT2D eigenvalue weighted by molar-refractivity contribution is -0.118. The minimum Gasteiger partial charge on any atom is -0.345 e. The number of aromatic nitrogens is 2. The first kappa shape index (κ1) is 16.3. The maximum absolute atomic E-state index is 12.7. The Labute approximate surface area is 149 Å². The molecule has 2 aliphatic heterocycles. The molecule has 0 bridgehead atoms. The van der Waals surface area contributed by atoms with Crippen LogP contribution in [0, 0.1) is 13.8 Å². The molecule has 1 fully saturated rings. The quantitative estimate of drug-likeness (QED) is 0.932. The van der Waals surface area contributed by atoms with Gasteiger partial charge in [-0.15, -0.1) is 0 Å². The van der Waals surface area contributed by atoms with Crippen LogP contribution in [-0.2, 0) is 11.2 Å². The highest BCUT2D eigenvalue weighted by Gasteiger charge is 2.30. The average molecular weight is 338 g/mol. The summed E-state index contributed by atoms with van der Waals surface area (Å²) >= 11 is 0. The van der Waals surface area contributed by atoms with Gasteiger partial charge in [-0.05, 0) is 51.3 Å². The lowest BCUT2D eigenvalue weighted by atomic mass is 10.2. The molecule has 0 radical (unpaired) electrons. The molecule has 2 aliphatic rings. The molecule has 0 spiro atoms. The van der Waals surface area contributed by atoms with Gasteiger partial charge in [0.1, 0.15) is 5.82 Å². The molecular formula is C20H26N4O. The van der Waals surface area contributed by atoms with Gasteiger partial charge in [-0.25, -0.2) is 4.98 Å². The topological polar surface area (TPSA) is 52.2 Å². The van der Waals surface area contributed by atoms with Crippen molar-refractivity contribution in [2.24, 2.45) is 0 Å². The smallest absolute Gasteiger partial charge is 0.228 e. The number of aryl methyl sites for hydroxylation is 2. The Bertz CT molecular complexity index is 762. The molecule has 1 atom stereocenters. The van der Waals surface area contributed by atoms with Crippen LogP contribution in [0.15, 0.2) is 24.3 Å². The van der Waals surface area contributed by atoms with Gasteiger partial charge in [-0.3, -0.25) is 9.69 Å². The number of nitrogens with one attached hydrogen (secondary N) is 1. The molecule has 5 nitrogen and oxygen atoms in total. The molecule has 132 valence electrons. The lowest BCUT2D eigenvalue weighted by Gasteiger charge is -2.24. The third-order valence-corrected chi connectivity index (χ3v) is 5.63. The van der Waals surface area contributed by atoms with E-state index in [1.165, 1.54) is 12.0 Å². The van der Waals surface area contributed by atoms with Gasteiger partial charge < -0.3 is 9.88 Å². The number of benzene rings is 1. The van der Waals surface area contributed by atoms with E-state index in [2.05, 4.69) is 40.0 Å². The largest absolute Gasteiger partial charge is 0.345 e. The predicted molar refractivity (Wildman–Crippen MR) is 98.7 cm³/mol. The number of H-pyrrole nitrogens is 1. The van der Waals surface area contributed by atoms with E-state index < -0.39 is 0 Å². The molecule has 3 heterocycles. The van der Waals surface area contributed by atoms with Crippen LogP contribution in [0.3, 0.4) is 0 Å². The van der Waals surface area contributed by atoms with Gasteiger partial charge in [-0.1, -0.05) is 18.2 Å². The molecule has 1 N–H and O–H groups in total. The van der Waals surface area contributed by atoms with Crippen LogP contribution in [0.4, 0.5) is 5.69 Å². The number of para-hydroxylation sites is 1.